The molecule has 0 amide bonds. The molecular formula is C12H16. The Bertz CT molecular complexity index is 284. The minimum atomic E-state index is 0.439. The normalized spacial score (nSPS) is 31.6. The van der Waals surface area contributed by atoms with Crippen LogP contribution in [0.1, 0.15) is 32.8 Å². The fraction of sp³-hybridized carbons (Fsp3) is 0.500. The SMILES string of the molecule is CC1(C)CC1(C)c1ccccc1. The van der Waals surface area contributed by atoms with E-state index in [0.717, 1.165) is 0 Å². The Morgan fingerprint density at radius 2 is 1.50 bits per heavy atom. The smallest absolute Gasteiger partial charge is 0.00184 e. The van der Waals surface area contributed by atoms with Gasteiger partial charge in [0.2, 0.25) is 0 Å². The van der Waals surface area contributed by atoms with E-state index >= 15 is 0 Å². The average molecular weight is 160 g/mol. The number of hydrogen-bond acceptors (Lipinski definition) is 0. The average Bonchev–Trinajstić information content (AvgIpc) is 2.55. The van der Waals surface area contributed by atoms with E-state index in [0.29, 0.717) is 10.8 Å². The fourth-order valence-electron chi connectivity index (χ4n) is 2.14. The lowest BCUT2D eigenvalue weighted by molar-refractivity contribution is 0.528. The zero-order valence-corrected chi connectivity index (χ0v) is 8.09. The lowest BCUT2D eigenvalue weighted by Gasteiger charge is -2.14. The van der Waals surface area contributed by atoms with Crippen LogP contribution in [0.2, 0.25) is 0 Å². The Morgan fingerprint density at radius 1 is 1.00 bits per heavy atom. The maximum atomic E-state index is 2.36. The van der Waals surface area contributed by atoms with Crippen molar-refractivity contribution in [3.8, 4) is 0 Å². The molecule has 2 rings (SSSR count). The fourth-order valence-corrected chi connectivity index (χ4v) is 2.14. The summed E-state index contributed by atoms with van der Waals surface area (Å²) in [5, 5.41) is 0. The van der Waals surface area contributed by atoms with Crippen LogP contribution in [-0.2, 0) is 5.41 Å². The first-order valence-corrected chi connectivity index (χ1v) is 4.62. The Morgan fingerprint density at radius 3 is 1.92 bits per heavy atom. The molecule has 1 fully saturated rings. The topological polar surface area (TPSA) is 0 Å². The molecule has 0 nitrogen and oxygen atoms in total. The summed E-state index contributed by atoms with van der Waals surface area (Å²) in [5.41, 5.74) is 2.44. The Hall–Kier alpha value is -0.780. The highest BCUT2D eigenvalue weighted by Crippen LogP contribution is 2.63. The van der Waals surface area contributed by atoms with Crippen LogP contribution in [0.25, 0.3) is 0 Å². The molecule has 1 aromatic carbocycles. The van der Waals surface area contributed by atoms with Crippen LogP contribution in [0, 0.1) is 5.41 Å². The highest BCUT2D eigenvalue weighted by molar-refractivity contribution is 5.35. The summed E-state index contributed by atoms with van der Waals surface area (Å²) in [6.45, 7) is 7.06. The van der Waals surface area contributed by atoms with Crippen molar-refractivity contribution in [3.63, 3.8) is 0 Å². The molecule has 0 N–H and O–H groups in total. The van der Waals surface area contributed by atoms with Crippen LogP contribution < -0.4 is 0 Å². The number of hydrogen-bond donors (Lipinski definition) is 0. The molecular weight excluding hydrogens is 144 g/mol. The summed E-state index contributed by atoms with van der Waals surface area (Å²) in [6, 6.07) is 10.8. The molecule has 0 radical (unpaired) electrons. The van der Waals surface area contributed by atoms with Crippen molar-refractivity contribution < 1.29 is 0 Å². The maximum absolute atomic E-state index is 2.36. The predicted molar refractivity (Wildman–Crippen MR) is 52.2 cm³/mol. The third kappa shape index (κ3) is 0.906. The van der Waals surface area contributed by atoms with E-state index in [-0.39, 0.29) is 0 Å². The Kier molecular flexibility index (Phi) is 1.39. The van der Waals surface area contributed by atoms with Crippen molar-refractivity contribution in [1.29, 1.82) is 0 Å². The molecule has 0 heteroatoms. The van der Waals surface area contributed by atoms with E-state index < -0.39 is 0 Å². The molecule has 1 unspecified atom stereocenters. The van der Waals surface area contributed by atoms with Gasteiger partial charge >= 0.3 is 0 Å². The molecule has 1 aromatic rings. The van der Waals surface area contributed by atoms with Crippen LogP contribution in [-0.4, -0.2) is 0 Å². The van der Waals surface area contributed by atoms with E-state index in [1.807, 2.05) is 0 Å². The third-order valence-corrected chi connectivity index (χ3v) is 3.58. The molecule has 1 saturated carbocycles. The summed E-state index contributed by atoms with van der Waals surface area (Å²) >= 11 is 0. The van der Waals surface area contributed by atoms with Crippen LogP contribution >= 0.6 is 0 Å². The van der Waals surface area contributed by atoms with Crippen molar-refractivity contribution in [2.75, 3.05) is 0 Å². The van der Waals surface area contributed by atoms with Crippen molar-refractivity contribution in [1.82, 2.24) is 0 Å². The largest absolute Gasteiger partial charge is 0.0622 e. The van der Waals surface area contributed by atoms with Gasteiger partial charge in [0.25, 0.3) is 0 Å². The first kappa shape index (κ1) is 7.85. The van der Waals surface area contributed by atoms with Gasteiger partial charge in [0, 0.05) is 0 Å². The van der Waals surface area contributed by atoms with E-state index in [1.54, 1.807) is 0 Å². The summed E-state index contributed by atoms with van der Waals surface area (Å²) in [5.74, 6) is 0. The molecule has 0 saturated heterocycles. The maximum Gasteiger partial charge on any atom is -0.00184 e. The van der Waals surface area contributed by atoms with Gasteiger partial charge in [-0.25, -0.2) is 0 Å². The number of rotatable bonds is 1. The van der Waals surface area contributed by atoms with Gasteiger partial charge in [-0.05, 0) is 22.8 Å². The van der Waals surface area contributed by atoms with Gasteiger partial charge in [0.1, 0.15) is 0 Å². The van der Waals surface area contributed by atoms with Gasteiger partial charge in [0.15, 0.2) is 0 Å². The second-order valence-corrected chi connectivity index (χ2v) is 4.76. The van der Waals surface area contributed by atoms with Crippen molar-refractivity contribution >= 4 is 0 Å². The molecule has 0 heterocycles. The summed E-state index contributed by atoms with van der Waals surface area (Å²) in [4.78, 5) is 0. The van der Waals surface area contributed by atoms with Crippen molar-refractivity contribution in [2.24, 2.45) is 5.41 Å². The van der Waals surface area contributed by atoms with Gasteiger partial charge in [-0.1, -0.05) is 51.1 Å². The Balaban J connectivity index is 2.35. The third-order valence-electron chi connectivity index (χ3n) is 3.58. The summed E-state index contributed by atoms with van der Waals surface area (Å²) < 4.78 is 0. The van der Waals surface area contributed by atoms with Gasteiger partial charge in [0.05, 0.1) is 0 Å². The lowest BCUT2D eigenvalue weighted by atomic mass is 9.90. The van der Waals surface area contributed by atoms with Gasteiger partial charge in [-0.2, -0.15) is 0 Å². The van der Waals surface area contributed by atoms with Crippen molar-refractivity contribution in [2.45, 2.75) is 32.6 Å². The van der Waals surface area contributed by atoms with E-state index in [4.69, 9.17) is 0 Å². The Labute approximate surface area is 74.6 Å². The minimum absolute atomic E-state index is 0.439. The van der Waals surface area contributed by atoms with Crippen LogP contribution in [0.5, 0.6) is 0 Å². The summed E-state index contributed by atoms with van der Waals surface area (Å²) in [6.07, 6.45) is 1.32. The molecule has 1 aliphatic carbocycles. The molecule has 0 aromatic heterocycles. The quantitative estimate of drug-likeness (QED) is 0.591. The zero-order valence-electron chi connectivity index (χ0n) is 8.09. The van der Waals surface area contributed by atoms with Crippen LogP contribution in [0.4, 0.5) is 0 Å². The molecule has 64 valence electrons. The first-order valence-electron chi connectivity index (χ1n) is 4.62. The highest BCUT2D eigenvalue weighted by Gasteiger charge is 2.57. The standard InChI is InChI=1S/C12H16/c1-11(2)9-12(11,3)10-7-5-4-6-8-10/h4-8H,9H2,1-3H3. The highest BCUT2D eigenvalue weighted by atomic mass is 14.6. The molecule has 1 aliphatic rings. The molecule has 0 bridgehead atoms. The first-order chi connectivity index (χ1) is 5.56. The number of benzene rings is 1. The molecule has 1 atom stereocenters. The second kappa shape index (κ2) is 2.12. The van der Waals surface area contributed by atoms with E-state index in [2.05, 4.69) is 51.1 Å². The van der Waals surface area contributed by atoms with Gasteiger partial charge in [-0.15, -0.1) is 0 Å². The zero-order chi connectivity index (χ0) is 8.82. The molecule has 12 heavy (non-hydrogen) atoms. The van der Waals surface area contributed by atoms with Crippen LogP contribution in [0.15, 0.2) is 30.3 Å². The molecule has 0 aliphatic heterocycles. The summed E-state index contributed by atoms with van der Waals surface area (Å²) in [7, 11) is 0. The van der Waals surface area contributed by atoms with Gasteiger partial charge in [-0.3, -0.25) is 0 Å². The predicted octanol–water partition coefficient (Wildman–Crippen LogP) is 3.37. The lowest BCUT2D eigenvalue weighted by Crippen LogP contribution is -2.08. The van der Waals surface area contributed by atoms with E-state index in [1.165, 1.54) is 12.0 Å². The van der Waals surface area contributed by atoms with Crippen molar-refractivity contribution in [3.05, 3.63) is 35.9 Å². The van der Waals surface area contributed by atoms with E-state index in [9.17, 15) is 0 Å². The minimum Gasteiger partial charge on any atom is -0.0622 e. The molecule has 0 spiro atoms. The monoisotopic (exact) mass is 160 g/mol. The second-order valence-electron chi connectivity index (χ2n) is 4.76. The van der Waals surface area contributed by atoms with Crippen LogP contribution in [0.3, 0.4) is 0 Å². The van der Waals surface area contributed by atoms with Gasteiger partial charge < -0.3 is 0 Å².